The van der Waals surface area contributed by atoms with Gasteiger partial charge >= 0.3 is 0 Å². The summed E-state index contributed by atoms with van der Waals surface area (Å²) in [5.41, 5.74) is 4.41. The highest BCUT2D eigenvalue weighted by molar-refractivity contribution is 6.00. The van der Waals surface area contributed by atoms with Crippen molar-refractivity contribution in [2.24, 2.45) is 5.10 Å². The lowest BCUT2D eigenvalue weighted by Gasteiger charge is -2.18. The van der Waals surface area contributed by atoms with Gasteiger partial charge in [0.15, 0.2) is 11.5 Å². The number of carbonyl (C=O) groups excluding carboxylic acids is 2. The van der Waals surface area contributed by atoms with Gasteiger partial charge < -0.3 is 14.8 Å². The fourth-order valence-electron chi connectivity index (χ4n) is 2.38. The van der Waals surface area contributed by atoms with Gasteiger partial charge in [0.2, 0.25) is 0 Å². The molecule has 1 heterocycles. The van der Waals surface area contributed by atoms with E-state index in [1.165, 1.54) is 0 Å². The second-order valence-corrected chi connectivity index (χ2v) is 5.64. The summed E-state index contributed by atoms with van der Waals surface area (Å²) in [6, 6.07) is 14.4. The molecule has 0 fully saturated rings. The zero-order chi connectivity index (χ0) is 18.4. The van der Waals surface area contributed by atoms with Gasteiger partial charge in [-0.15, -0.1) is 0 Å². The Hall–Kier alpha value is -3.35. The third-order valence-corrected chi connectivity index (χ3v) is 3.75. The Morgan fingerprint density at radius 2 is 1.73 bits per heavy atom. The molecule has 0 radical (unpaired) electrons. The minimum atomic E-state index is -0.411. The van der Waals surface area contributed by atoms with Crippen LogP contribution in [0, 0.1) is 0 Å². The SMILES string of the molecule is C/C(=N/NC(=O)CNC(=O)c1ccc2c(c1)OCCO2)c1ccccc1. The van der Waals surface area contributed by atoms with E-state index in [1.807, 2.05) is 30.3 Å². The third kappa shape index (κ3) is 4.38. The van der Waals surface area contributed by atoms with Gasteiger partial charge in [-0.2, -0.15) is 5.10 Å². The molecule has 2 aromatic rings. The van der Waals surface area contributed by atoms with Gasteiger partial charge in [0.1, 0.15) is 13.2 Å². The summed E-state index contributed by atoms with van der Waals surface area (Å²) in [6.07, 6.45) is 0. The van der Waals surface area contributed by atoms with Gasteiger partial charge in [-0.25, -0.2) is 5.43 Å². The van der Waals surface area contributed by atoms with Crippen molar-refractivity contribution in [2.45, 2.75) is 6.92 Å². The van der Waals surface area contributed by atoms with Crippen LogP contribution in [0.15, 0.2) is 53.6 Å². The van der Waals surface area contributed by atoms with E-state index in [-0.39, 0.29) is 12.5 Å². The van der Waals surface area contributed by atoms with Crippen molar-refractivity contribution in [3.05, 3.63) is 59.7 Å². The lowest BCUT2D eigenvalue weighted by atomic mass is 10.1. The molecule has 2 aromatic carbocycles. The molecule has 1 aliphatic rings. The van der Waals surface area contributed by atoms with Crippen LogP contribution < -0.4 is 20.2 Å². The van der Waals surface area contributed by atoms with Crippen LogP contribution in [-0.2, 0) is 4.79 Å². The topological polar surface area (TPSA) is 89.0 Å². The number of rotatable bonds is 5. The van der Waals surface area contributed by atoms with Crippen molar-refractivity contribution in [3.63, 3.8) is 0 Å². The molecule has 0 saturated carbocycles. The van der Waals surface area contributed by atoms with Crippen molar-refractivity contribution in [2.75, 3.05) is 19.8 Å². The van der Waals surface area contributed by atoms with Crippen molar-refractivity contribution in [1.29, 1.82) is 0 Å². The van der Waals surface area contributed by atoms with Crippen LogP contribution in [0.5, 0.6) is 11.5 Å². The maximum absolute atomic E-state index is 12.2. The summed E-state index contributed by atoms with van der Waals surface area (Å²) >= 11 is 0. The molecule has 0 aliphatic carbocycles. The third-order valence-electron chi connectivity index (χ3n) is 3.75. The molecule has 7 nitrogen and oxygen atoms in total. The number of hydrogen-bond acceptors (Lipinski definition) is 5. The zero-order valence-corrected chi connectivity index (χ0v) is 14.3. The monoisotopic (exact) mass is 353 g/mol. The lowest BCUT2D eigenvalue weighted by Crippen LogP contribution is -2.35. The molecular weight excluding hydrogens is 334 g/mol. The van der Waals surface area contributed by atoms with Gasteiger partial charge in [-0.05, 0) is 30.7 Å². The van der Waals surface area contributed by atoms with E-state index in [9.17, 15) is 9.59 Å². The highest BCUT2D eigenvalue weighted by Gasteiger charge is 2.15. The molecular formula is C19H19N3O4. The predicted molar refractivity (Wildman–Crippen MR) is 96.6 cm³/mol. The minimum absolute atomic E-state index is 0.182. The molecule has 7 heteroatoms. The molecule has 0 aromatic heterocycles. The van der Waals surface area contributed by atoms with Crippen molar-refractivity contribution in [3.8, 4) is 11.5 Å². The van der Waals surface area contributed by atoms with Gasteiger partial charge in [-0.1, -0.05) is 30.3 Å². The largest absolute Gasteiger partial charge is 0.486 e. The number of fused-ring (bicyclic) bond motifs is 1. The van der Waals surface area contributed by atoms with Crippen molar-refractivity contribution >= 4 is 17.5 Å². The lowest BCUT2D eigenvalue weighted by molar-refractivity contribution is -0.120. The highest BCUT2D eigenvalue weighted by Crippen LogP contribution is 2.30. The van der Waals surface area contributed by atoms with Gasteiger partial charge in [0.05, 0.1) is 12.3 Å². The van der Waals surface area contributed by atoms with E-state index in [4.69, 9.17) is 9.47 Å². The second kappa shape index (κ2) is 8.15. The van der Waals surface area contributed by atoms with Crippen LogP contribution in [0.25, 0.3) is 0 Å². The minimum Gasteiger partial charge on any atom is -0.486 e. The molecule has 0 unspecified atom stereocenters. The Balaban J connectivity index is 1.52. The van der Waals surface area contributed by atoms with E-state index >= 15 is 0 Å². The highest BCUT2D eigenvalue weighted by atomic mass is 16.6. The Bertz CT molecular complexity index is 834. The Morgan fingerprint density at radius 3 is 2.50 bits per heavy atom. The molecule has 0 bridgehead atoms. The molecule has 2 N–H and O–H groups in total. The first-order valence-electron chi connectivity index (χ1n) is 8.20. The first-order chi connectivity index (χ1) is 12.6. The molecule has 134 valence electrons. The smallest absolute Gasteiger partial charge is 0.259 e. The van der Waals surface area contributed by atoms with Gasteiger partial charge in [0, 0.05) is 5.56 Å². The van der Waals surface area contributed by atoms with Crippen LogP contribution in [-0.4, -0.2) is 37.3 Å². The van der Waals surface area contributed by atoms with E-state index in [0.717, 1.165) is 5.56 Å². The molecule has 0 saturated heterocycles. The van der Waals surface area contributed by atoms with Gasteiger partial charge in [0.25, 0.3) is 11.8 Å². The maximum atomic E-state index is 12.2. The molecule has 1 aliphatic heterocycles. The van der Waals surface area contributed by atoms with Gasteiger partial charge in [-0.3, -0.25) is 9.59 Å². The fourth-order valence-corrected chi connectivity index (χ4v) is 2.38. The first kappa shape index (κ1) is 17.5. The summed E-state index contributed by atoms with van der Waals surface area (Å²) in [6.45, 7) is 2.54. The quantitative estimate of drug-likeness (QED) is 0.633. The summed E-state index contributed by atoms with van der Waals surface area (Å²) in [5.74, 6) is 0.347. The average Bonchev–Trinajstić information content (AvgIpc) is 2.70. The number of hydrogen-bond donors (Lipinski definition) is 2. The number of carbonyl (C=O) groups is 2. The summed E-state index contributed by atoms with van der Waals surface area (Å²) in [4.78, 5) is 24.0. The number of amides is 2. The van der Waals surface area contributed by atoms with Crippen molar-refractivity contribution < 1.29 is 19.1 Å². The molecule has 3 rings (SSSR count). The van der Waals surface area contributed by atoms with Crippen LogP contribution in [0.4, 0.5) is 0 Å². The normalized spacial score (nSPS) is 13.0. The number of nitrogens with one attached hydrogen (secondary N) is 2. The first-order valence-corrected chi connectivity index (χ1v) is 8.20. The van der Waals surface area contributed by atoms with E-state index < -0.39 is 5.91 Å². The van der Waals surface area contributed by atoms with Crippen molar-refractivity contribution in [1.82, 2.24) is 10.7 Å². The fraction of sp³-hybridized carbons (Fsp3) is 0.211. The number of ether oxygens (including phenoxy) is 2. The van der Waals surface area contributed by atoms with Crippen LogP contribution >= 0.6 is 0 Å². The maximum Gasteiger partial charge on any atom is 0.259 e. The molecule has 0 atom stereocenters. The van der Waals surface area contributed by atoms with Crippen LogP contribution in [0.1, 0.15) is 22.8 Å². The standard InChI is InChI=1S/C19H19N3O4/c1-13(14-5-3-2-4-6-14)21-22-18(23)12-20-19(24)15-7-8-16-17(11-15)26-10-9-25-16/h2-8,11H,9-10,12H2,1H3,(H,20,24)(H,22,23)/b21-13-. The zero-order valence-electron chi connectivity index (χ0n) is 14.3. The summed E-state index contributed by atoms with van der Waals surface area (Å²) in [5, 5.41) is 6.58. The second-order valence-electron chi connectivity index (χ2n) is 5.64. The summed E-state index contributed by atoms with van der Waals surface area (Å²) in [7, 11) is 0. The summed E-state index contributed by atoms with van der Waals surface area (Å²) < 4.78 is 10.9. The van der Waals surface area contributed by atoms with E-state index in [0.29, 0.717) is 36.0 Å². The Morgan fingerprint density at radius 1 is 1.00 bits per heavy atom. The molecule has 2 amide bonds. The number of benzene rings is 2. The number of hydrazone groups is 1. The molecule has 26 heavy (non-hydrogen) atoms. The van der Waals surface area contributed by atoms with E-state index in [2.05, 4.69) is 15.8 Å². The Kier molecular flexibility index (Phi) is 5.48. The Labute approximate surface area is 151 Å². The average molecular weight is 353 g/mol. The van der Waals surface area contributed by atoms with Crippen LogP contribution in [0.3, 0.4) is 0 Å². The molecule has 0 spiro atoms. The number of nitrogens with zero attached hydrogens (tertiary/aromatic N) is 1. The predicted octanol–water partition coefficient (Wildman–Crippen LogP) is 1.73. The van der Waals surface area contributed by atoms with Crippen LogP contribution in [0.2, 0.25) is 0 Å². The van der Waals surface area contributed by atoms with E-state index in [1.54, 1.807) is 25.1 Å².